The molecule has 232 valence electrons. The van der Waals surface area contributed by atoms with E-state index in [4.69, 9.17) is 19.4 Å². The van der Waals surface area contributed by atoms with E-state index < -0.39 is 6.43 Å². The summed E-state index contributed by atoms with van der Waals surface area (Å²) < 4.78 is 41.6. The smallest absolute Gasteiger partial charge is 0.296 e. The summed E-state index contributed by atoms with van der Waals surface area (Å²) in [5.41, 5.74) is 1.01. The lowest BCUT2D eigenvalue weighted by Gasteiger charge is -2.32. The number of piperidine rings is 1. The molecule has 10 nitrogen and oxygen atoms in total. The number of ether oxygens (including phenoxy) is 2. The van der Waals surface area contributed by atoms with Crippen LogP contribution >= 0.6 is 0 Å². The molecule has 1 aromatic carbocycles. The number of halogens is 2. The van der Waals surface area contributed by atoms with Crippen molar-refractivity contribution in [2.75, 3.05) is 64.4 Å². The Bertz CT molecular complexity index is 1380. The maximum atomic E-state index is 14.2. The highest BCUT2D eigenvalue weighted by molar-refractivity contribution is 5.79. The van der Waals surface area contributed by atoms with Crippen LogP contribution in [0.3, 0.4) is 0 Å². The fourth-order valence-corrected chi connectivity index (χ4v) is 6.41. The molecule has 1 amide bonds. The third-order valence-electron chi connectivity index (χ3n) is 8.87. The van der Waals surface area contributed by atoms with Gasteiger partial charge >= 0.3 is 0 Å². The zero-order valence-electron chi connectivity index (χ0n) is 24.8. The number of nitrogens with zero attached hydrogens (tertiary/aromatic N) is 7. The van der Waals surface area contributed by atoms with Gasteiger partial charge in [-0.05, 0) is 63.7 Å². The molecular weight excluding hydrogens is 556 g/mol. The highest BCUT2D eigenvalue weighted by Gasteiger charge is 2.30. The van der Waals surface area contributed by atoms with Gasteiger partial charge in [-0.25, -0.2) is 13.8 Å². The molecular formula is C31H41F2N7O3. The van der Waals surface area contributed by atoms with Crippen molar-refractivity contribution in [3.63, 3.8) is 0 Å². The first-order valence-corrected chi connectivity index (χ1v) is 15.6. The Morgan fingerprint density at radius 3 is 2.51 bits per heavy atom. The summed E-state index contributed by atoms with van der Waals surface area (Å²) in [5, 5.41) is 0. The molecule has 0 radical (unpaired) electrons. The van der Waals surface area contributed by atoms with Crippen molar-refractivity contribution in [1.29, 1.82) is 0 Å². The van der Waals surface area contributed by atoms with E-state index in [1.807, 2.05) is 16.8 Å². The number of likely N-dealkylation sites (N-methyl/N-ethyl adjacent to an activating group) is 1. The molecule has 2 saturated heterocycles. The number of morpholine rings is 1. The topological polar surface area (TPSA) is 88.9 Å². The SMILES string of the molecule is CN(CCN1CCCCC1)C(=O)C1CCC(Oc2cc(-n3c(C(F)F)nc4ccccc43)nc(N3CCOCC3)n2)CC1. The maximum Gasteiger partial charge on any atom is 0.296 e. The van der Waals surface area contributed by atoms with Gasteiger partial charge in [-0.15, -0.1) is 0 Å². The Morgan fingerprint density at radius 1 is 1.02 bits per heavy atom. The Kier molecular flexibility index (Phi) is 9.32. The monoisotopic (exact) mass is 597 g/mol. The van der Waals surface area contributed by atoms with Crippen LogP contribution in [0.1, 0.15) is 57.2 Å². The summed E-state index contributed by atoms with van der Waals surface area (Å²) in [5.74, 6) is 0.852. The number of rotatable bonds is 9. The number of likely N-dealkylation sites (tertiary alicyclic amines) is 1. The molecule has 2 aliphatic heterocycles. The number of alkyl halides is 2. The van der Waals surface area contributed by atoms with E-state index in [0.29, 0.717) is 49.2 Å². The van der Waals surface area contributed by atoms with Crippen molar-refractivity contribution in [3.8, 4) is 11.7 Å². The largest absolute Gasteiger partial charge is 0.474 e. The molecule has 0 spiro atoms. The molecule has 0 N–H and O–H groups in total. The molecule has 1 saturated carbocycles. The van der Waals surface area contributed by atoms with Crippen LogP contribution in [-0.4, -0.2) is 101 Å². The summed E-state index contributed by atoms with van der Waals surface area (Å²) in [6.07, 6.45) is 3.81. The molecule has 3 fully saturated rings. The highest BCUT2D eigenvalue weighted by Crippen LogP contribution is 2.32. The second kappa shape index (κ2) is 13.5. The molecule has 3 aromatic rings. The summed E-state index contributed by atoms with van der Waals surface area (Å²) in [6, 6.07) is 8.66. The molecule has 3 aliphatic rings. The minimum atomic E-state index is -2.79. The quantitative estimate of drug-likeness (QED) is 0.357. The highest BCUT2D eigenvalue weighted by atomic mass is 19.3. The Balaban J connectivity index is 1.16. The molecule has 43 heavy (non-hydrogen) atoms. The van der Waals surface area contributed by atoms with E-state index in [0.717, 1.165) is 51.9 Å². The number of anilines is 1. The van der Waals surface area contributed by atoms with E-state index in [-0.39, 0.29) is 29.6 Å². The number of benzene rings is 1. The number of carbonyl (C=O) groups is 1. The molecule has 0 unspecified atom stereocenters. The summed E-state index contributed by atoms with van der Waals surface area (Å²) in [6.45, 7) is 6.19. The first-order valence-electron chi connectivity index (χ1n) is 15.6. The van der Waals surface area contributed by atoms with Gasteiger partial charge in [-0.3, -0.25) is 9.36 Å². The van der Waals surface area contributed by atoms with Gasteiger partial charge < -0.3 is 24.2 Å². The van der Waals surface area contributed by atoms with Gasteiger partial charge in [0.25, 0.3) is 6.43 Å². The number of imidazole rings is 1. The molecule has 2 aromatic heterocycles. The van der Waals surface area contributed by atoms with Crippen LogP contribution < -0.4 is 9.64 Å². The van der Waals surface area contributed by atoms with Gasteiger partial charge in [0.05, 0.1) is 24.2 Å². The summed E-state index contributed by atoms with van der Waals surface area (Å²) in [7, 11) is 1.91. The fourth-order valence-electron chi connectivity index (χ4n) is 6.41. The van der Waals surface area contributed by atoms with Crippen LogP contribution in [-0.2, 0) is 9.53 Å². The summed E-state index contributed by atoms with van der Waals surface area (Å²) in [4.78, 5) is 33.1. The minimum absolute atomic E-state index is 0.0120. The molecule has 0 atom stereocenters. The summed E-state index contributed by atoms with van der Waals surface area (Å²) >= 11 is 0. The van der Waals surface area contributed by atoms with Crippen molar-refractivity contribution in [3.05, 3.63) is 36.2 Å². The van der Waals surface area contributed by atoms with Crippen molar-refractivity contribution < 1.29 is 23.0 Å². The van der Waals surface area contributed by atoms with Gasteiger partial charge in [0.2, 0.25) is 17.7 Å². The van der Waals surface area contributed by atoms with Crippen LogP contribution in [0.4, 0.5) is 14.7 Å². The second-order valence-corrected chi connectivity index (χ2v) is 11.8. The Morgan fingerprint density at radius 2 is 1.77 bits per heavy atom. The number of hydrogen-bond acceptors (Lipinski definition) is 8. The van der Waals surface area contributed by atoms with Gasteiger partial charge in [0, 0.05) is 45.2 Å². The van der Waals surface area contributed by atoms with Gasteiger partial charge in [0.1, 0.15) is 11.9 Å². The number of fused-ring (bicyclic) bond motifs is 1. The first kappa shape index (κ1) is 29.7. The number of amides is 1. The molecule has 6 rings (SSSR count). The van der Waals surface area contributed by atoms with Crippen molar-refractivity contribution in [2.45, 2.75) is 57.5 Å². The lowest BCUT2D eigenvalue weighted by molar-refractivity contribution is -0.136. The average Bonchev–Trinajstić information content (AvgIpc) is 3.45. The Hall–Kier alpha value is -3.38. The lowest BCUT2D eigenvalue weighted by Crippen LogP contribution is -2.42. The predicted molar refractivity (Wildman–Crippen MR) is 159 cm³/mol. The van der Waals surface area contributed by atoms with Gasteiger partial charge in [0.15, 0.2) is 5.82 Å². The predicted octanol–water partition coefficient (Wildman–Crippen LogP) is 4.47. The van der Waals surface area contributed by atoms with E-state index >= 15 is 0 Å². The number of hydrogen-bond donors (Lipinski definition) is 0. The van der Waals surface area contributed by atoms with E-state index in [2.05, 4.69) is 9.88 Å². The van der Waals surface area contributed by atoms with Crippen molar-refractivity contribution >= 4 is 22.9 Å². The van der Waals surface area contributed by atoms with E-state index in [1.54, 1.807) is 30.3 Å². The Labute approximate surface area is 251 Å². The average molecular weight is 598 g/mol. The normalized spacial score (nSPS) is 21.8. The third kappa shape index (κ3) is 6.90. The number of para-hydroxylation sites is 2. The zero-order chi connectivity index (χ0) is 29.8. The van der Waals surface area contributed by atoms with Crippen LogP contribution in [0.25, 0.3) is 16.9 Å². The van der Waals surface area contributed by atoms with Crippen LogP contribution in [0.2, 0.25) is 0 Å². The molecule has 0 bridgehead atoms. The number of aromatic nitrogens is 4. The lowest BCUT2D eigenvalue weighted by atomic mass is 9.86. The minimum Gasteiger partial charge on any atom is -0.474 e. The van der Waals surface area contributed by atoms with Crippen LogP contribution in [0, 0.1) is 5.92 Å². The third-order valence-corrected chi connectivity index (χ3v) is 8.87. The van der Waals surface area contributed by atoms with Crippen molar-refractivity contribution in [2.24, 2.45) is 5.92 Å². The van der Waals surface area contributed by atoms with Gasteiger partial charge in [-0.2, -0.15) is 9.97 Å². The number of carbonyl (C=O) groups excluding carboxylic acids is 1. The van der Waals surface area contributed by atoms with E-state index in [9.17, 15) is 13.6 Å². The maximum absolute atomic E-state index is 14.2. The molecule has 1 aliphatic carbocycles. The van der Waals surface area contributed by atoms with E-state index in [1.165, 1.54) is 23.8 Å². The molecule has 12 heteroatoms. The van der Waals surface area contributed by atoms with Crippen molar-refractivity contribution in [1.82, 2.24) is 29.3 Å². The van der Waals surface area contributed by atoms with Crippen LogP contribution in [0.15, 0.2) is 30.3 Å². The van der Waals surface area contributed by atoms with Crippen LogP contribution in [0.5, 0.6) is 5.88 Å². The standard InChI is InChI=1S/C31H41F2N7O3/c1-37(15-16-38-13-5-2-6-14-38)30(41)22-9-11-23(12-10-22)43-27-21-26(35-31(36-27)39-17-19-42-20-18-39)40-25-8-4-3-7-24(25)34-29(40)28(32)33/h3-4,7-8,21-23,28H,2,5-6,9-20H2,1H3. The molecule has 4 heterocycles. The zero-order valence-corrected chi connectivity index (χ0v) is 24.8. The van der Waals surface area contributed by atoms with Gasteiger partial charge in [-0.1, -0.05) is 18.6 Å². The fraction of sp³-hybridized carbons (Fsp3) is 0.613. The second-order valence-electron chi connectivity index (χ2n) is 11.8. The first-order chi connectivity index (χ1) is 21.0.